The molecule has 0 fully saturated rings. The van der Waals surface area contributed by atoms with Gasteiger partial charge in [0.1, 0.15) is 5.75 Å². The molecule has 0 bridgehead atoms. The predicted molar refractivity (Wildman–Crippen MR) is 77.1 cm³/mol. The number of benzene rings is 1. The van der Waals surface area contributed by atoms with E-state index in [4.69, 9.17) is 10.5 Å². The second-order valence-electron chi connectivity index (χ2n) is 4.72. The van der Waals surface area contributed by atoms with E-state index in [1.165, 1.54) is 13.2 Å². The number of methoxy groups -OCH3 is 1. The molecule has 1 rings (SSSR count). The molecule has 112 valence electrons. The molecule has 0 aliphatic heterocycles. The highest BCUT2D eigenvalue weighted by molar-refractivity contribution is 7.92. The van der Waals surface area contributed by atoms with E-state index in [1.807, 2.05) is 6.92 Å². The zero-order valence-corrected chi connectivity index (χ0v) is 12.7. The van der Waals surface area contributed by atoms with Crippen LogP contribution in [-0.2, 0) is 19.4 Å². The third kappa shape index (κ3) is 4.50. The van der Waals surface area contributed by atoms with Crippen LogP contribution < -0.4 is 11.1 Å². The van der Waals surface area contributed by atoms with Crippen LogP contribution in [0.5, 0.6) is 0 Å². The van der Waals surface area contributed by atoms with E-state index < -0.39 is 21.5 Å². The predicted octanol–water partition coefficient (Wildman–Crippen LogP) is 0.502. The standard InChI is InChI=1S/C13H20N2O4S/c1-9-4-5-12(11(14)6-9)20(17,18)8-13(16)15-10(2)7-19-3/h4-6,10H,7-8,14H2,1-3H3,(H,15,16). The molecule has 1 unspecified atom stereocenters. The van der Waals surface area contributed by atoms with E-state index in [-0.39, 0.29) is 16.6 Å². The Kier molecular flexibility index (Phi) is 5.52. The van der Waals surface area contributed by atoms with Crippen molar-refractivity contribution in [2.24, 2.45) is 0 Å². The number of nitrogen functional groups attached to an aromatic ring is 1. The smallest absolute Gasteiger partial charge is 0.235 e. The fourth-order valence-corrected chi connectivity index (χ4v) is 3.09. The summed E-state index contributed by atoms with van der Waals surface area (Å²) in [5.74, 6) is -1.21. The number of ether oxygens (including phenoxy) is 1. The highest BCUT2D eigenvalue weighted by Gasteiger charge is 2.22. The summed E-state index contributed by atoms with van der Waals surface area (Å²) in [6, 6.07) is 4.39. The summed E-state index contributed by atoms with van der Waals surface area (Å²) in [6.07, 6.45) is 0. The van der Waals surface area contributed by atoms with E-state index in [2.05, 4.69) is 5.32 Å². The van der Waals surface area contributed by atoms with Gasteiger partial charge in [-0.2, -0.15) is 0 Å². The molecule has 0 aromatic heterocycles. The Bertz CT molecular complexity index is 584. The van der Waals surface area contributed by atoms with E-state index in [9.17, 15) is 13.2 Å². The lowest BCUT2D eigenvalue weighted by Crippen LogP contribution is -2.39. The Hall–Kier alpha value is -1.60. The number of rotatable bonds is 6. The fourth-order valence-electron chi connectivity index (χ4n) is 1.81. The molecule has 7 heteroatoms. The van der Waals surface area contributed by atoms with E-state index in [0.29, 0.717) is 6.61 Å². The van der Waals surface area contributed by atoms with Gasteiger partial charge in [0.05, 0.1) is 17.2 Å². The lowest BCUT2D eigenvalue weighted by molar-refractivity contribution is -0.119. The van der Waals surface area contributed by atoms with Crippen molar-refractivity contribution in [3.8, 4) is 0 Å². The number of nitrogens with two attached hydrogens (primary N) is 1. The van der Waals surface area contributed by atoms with Crippen LogP contribution in [0.2, 0.25) is 0 Å². The SMILES string of the molecule is COCC(C)NC(=O)CS(=O)(=O)c1ccc(C)cc1N. The molecule has 3 N–H and O–H groups in total. The second-order valence-corrected chi connectivity index (χ2v) is 6.68. The maximum atomic E-state index is 12.1. The molecular weight excluding hydrogens is 280 g/mol. The van der Waals surface area contributed by atoms with E-state index in [0.717, 1.165) is 5.56 Å². The van der Waals surface area contributed by atoms with Gasteiger partial charge in [-0.3, -0.25) is 4.79 Å². The Labute approximate surface area is 119 Å². The van der Waals surface area contributed by atoms with Gasteiger partial charge in [0.25, 0.3) is 0 Å². The molecular formula is C13H20N2O4S. The Balaban J connectivity index is 2.82. The van der Waals surface area contributed by atoms with Gasteiger partial charge in [-0.25, -0.2) is 8.42 Å². The van der Waals surface area contributed by atoms with Gasteiger partial charge in [-0.15, -0.1) is 0 Å². The highest BCUT2D eigenvalue weighted by Crippen LogP contribution is 2.20. The van der Waals surface area contributed by atoms with Crippen LogP contribution in [0.3, 0.4) is 0 Å². The average molecular weight is 300 g/mol. The number of hydrogen-bond acceptors (Lipinski definition) is 5. The number of aryl methyl sites for hydroxylation is 1. The minimum Gasteiger partial charge on any atom is -0.398 e. The fraction of sp³-hybridized carbons (Fsp3) is 0.462. The van der Waals surface area contributed by atoms with Crippen LogP contribution in [0.1, 0.15) is 12.5 Å². The van der Waals surface area contributed by atoms with Gasteiger partial charge in [-0.1, -0.05) is 6.07 Å². The Morgan fingerprint density at radius 1 is 1.45 bits per heavy atom. The summed E-state index contributed by atoms with van der Waals surface area (Å²) in [4.78, 5) is 11.7. The quantitative estimate of drug-likeness (QED) is 0.746. The number of hydrogen-bond donors (Lipinski definition) is 2. The number of amides is 1. The first-order valence-corrected chi connectivity index (χ1v) is 7.78. The number of nitrogens with one attached hydrogen (secondary N) is 1. The first kappa shape index (κ1) is 16.5. The van der Waals surface area contributed by atoms with Gasteiger partial charge in [0.15, 0.2) is 9.84 Å². The van der Waals surface area contributed by atoms with Crippen molar-refractivity contribution < 1.29 is 17.9 Å². The summed E-state index contributed by atoms with van der Waals surface area (Å²) >= 11 is 0. The first-order valence-electron chi connectivity index (χ1n) is 6.13. The third-order valence-corrected chi connectivity index (χ3v) is 4.33. The molecule has 20 heavy (non-hydrogen) atoms. The Morgan fingerprint density at radius 3 is 2.65 bits per heavy atom. The molecule has 0 aliphatic carbocycles. The molecule has 0 heterocycles. The van der Waals surface area contributed by atoms with Gasteiger partial charge >= 0.3 is 0 Å². The van der Waals surface area contributed by atoms with Crippen LogP contribution >= 0.6 is 0 Å². The van der Waals surface area contributed by atoms with E-state index in [1.54, 1.807) is 19.1 Å². The van der Waals surface area contributed by atoms with Crippen LogP contribution in [0, 0.1) is 6.92 Å². The molecule has 1 atom stereocenters. The van der Waals surface area contributed by atoms with Crippen molar-refractivity contribution >= 4 is 21.4 Å². The zero-order valence-electron chi connectivity index (χ0n) is 11.8. The molecule has 0 spiro atoms. The second kappa shape index (κ2) is 6.71. The summed E-state index contributed by atoms with van der Waals surface area (Å²) in [6.45, 7) is 3.86. The minimum absolute atomic E-state index is 0.0161. The van der Waals surface area contributed by atoms with Gasteiger partial charge in [-0.05, 0) is 31.5 Å². The van der Waals surface area contributed by atoms with Gasteiger partial charge < -0.3 is 15.8 Å². The molecule has 0 aliphatic rings. The molecule has 0 saturated carbocycles. The molecule has 0 saturated heterocycles. The van der Waals surface area contributed by atoms with Crippen LogP contribution in [0.4, 0.5) is 5.69 Å². The van der Waals surface area contributed by atoms with Gasteiger partial charge in [0, 0.05) is 13.2 Å². The molecule has 6 nitrogen and oxygen atoms in total. The largest absolute Gasteiger partial charge is 0.398 e. The van der Waals surface area contributed by atoms with Crippen LogP contribution in [0.25, 0.3) is 0 Å². The first-order chi connectivity index (χ1) is 9.26. The zero-order chi connectivity index (χ0) is 15.3. The lowest BCUT2D eigenvalue weighted by Gasteiger charge is -2.13. The summed E-state index contributed by atoms with van der Waals surface area (Å²) in [7, 11) is -2.24. The average Bonchev–Trinajstić information content (AvgIpc) is 2.26. The monoisotopic (exact) mass is 300 g/mol. The number of anilines is 1. The maximum absolute atomic E-state index is 12.1. The van der Waals surface area contributed by atoms with Crippen molar-refractivity contribution in [2.75, 3.05) is 25.2 Å². The van der Waals surface area contributed by atoms with Crippen molar-refractivity contribution in [1.82, 2.24) is 5.32 Å². The van der Waals surface area contributed by atoms with Crippen molar-refractivity contribution in [2.45, 2.75) is 24.8 Å². The third-order valence-electron chi connectivity index (χ3n) is 2.65. The molecule has 1 aromatic rings. The molecule has 0 radical (unpaired) electrons. The summed E-state index contributed by atoms with van der Waals surface area (Å²) in [5.41, 5.74) is 6.72. The van der Waals surface area contributed by atoms with Crippen molar-refractivity contribution in [3.05, 3.63) is 23.8 Å². The summed E-state index contributed by atoms with van der Waals surface area (Å²) < 4.78 is 29.2. The Morgan fingerprint density at radius 2 is 2.10 bits per heavy atom. The number of sulfone groups is 1. The van der Waals surface area contributed by atoms with Crippen LogP contribution in [0.15, 0.2) is 23.1 Å². The number of carbonyl (C=O) groups excluding carboxylic acids is 1. The van der Waals surface area contributed by atoms with Crippen LogP contribution in [-0.4, -0.2) is 39.8 Å². The summed E-state index contributed by atoms with van der Waals surface area (Å²) in [5, 5.41) is 2.55. The van der Waals surface area contributed by atoms with Crippen molar-refractivity contribution in [1.29, 1.82) is 0 Å². The van der Waals surface area contributed by atoms with Crippen molar-refractivity contribution in [3.63, 3.8) is 0 Å². The van der Waals surface area contributed by atoms with E-state index >= 15 is 0 Å². The van der Waals surface area contributed by atoms with Gasteiger partial charge in [0.2, 0.25) is 5.91 Å². The maximum Gasteiger partial charge on any atom is 0.235 e. The topological polar surface area (TPSA) is 98.5 Å². The molecule has 1 amide bonds. The number of carbonyl (C=O) groups is 1. The minimum atomic E-state index is -3.75. The molecule has 1 aromatic carbocycles. The lowest BCUT2D eigenvalue weighted by atomic mass is 10.2. The normalized spacial score (nSPS) is 12.9. The highest BCUT2D eigenvalue weighted by atomic mass is 32.2.